The Morgan fingerprint density at radius 1 is 0.706 bits per heavy atom. The average molecular weight is 928 g/mol. The van der Waals surface area contributed by atoms with Crippen molar-refractivity contribution in [3.8, 4) is 23.1 Å². The Balaban J connectivity index is 0.833. The quantitative estimate of drug-likeness (QED) is 0.115. The van der Waals surface area contributed by atoms with Crippen molar-refractivity contribution in [3.05, 3.63) is 71.7 Å². The van der Waals surface area contributed by atoms with E-state index >= 15 is 0 Å². The van der Waals surface area contributed by atoms with Gasteiger partial charge in [-0.25, -0.2) is 19.6 Å². The molecular weight excluding hydrogens is 863 g/mol. The number of fused-ring (bicyclic) bond motifs is 3. The molecule has 15 nitrogen and oxygen atoms in total. The highest BCUT2D eigenvalue weighted by molar-refractivity contribution is 5.92. The SMILES string of the molecule is COC(=O)NC(C(=O)C1C2C(C)C2C[C@H]1c1nc(-c2ccc3cc(C#Cc4c[nH]c([C@@H]5CC6C([C@@H]6C)N5C(=O)C(NC(=O)OC)[C@H]5C[C@@H](C)O[C@@H](C)C5)n4)ccc3c2)c[nH]1)[C@H]1C[C@@H](C)O[C@@H](C)C1. The van der Waals surface area contributed by atoms with Gasteiger partial charge in [0.25, 0.3) is 0 Å². The van der Waals surface area contributed by atoms with Gasteiger partial charge in [0.05, 0.1) is 56.4 Å². The van der Waals surface area contributed by atoms with Crippen LogP contribution in [0.2, 0.25) is 0 Å². The van der Waals surface area contributed by atoms with Gasteiger partial charge >= 0.3 is 12.2 Å². The van der Waals surface area contributed by atoms with Gasteiger partial charge in [-0.3, -0.25) is 9.59 Å². The fourth-order valence-electron chi connectivity index (χ4n) is 13.2. The van der Waals surface area contributed by atoms with E-state index in [0.717, 1.165) is 46.3 Å². The van der Waals surface area contributed by atoms with Crippen LogP contribution in [0.4, 0.5) is 9.59 Å². The molecule has 4 aromatic rings. The van der Waals surface area contributed by atoms with E-state index in [1.807, 2.05) is 44.9 Å². The van der Waals surface area contributed by atoms with Gasteiger partial charge in [-0.2, -0.15) is 0 Å². The molecule has 3 saturated carbocycles. The molecule has 2 aromatic heterocycles. The number of nitrogens with zero attached hydrogens (tertiary/aromatic N) is 3. The van der Waals surface area contributed by atoms with Crippen molar-refractivity contribution in [3.63, 3.8) is 0 Å². The second-order valence-corrected chi connectivity index (χ2v) is 21.0. The van der Waals surface area contributed by atoms with Crippen molar-refractivity contribution in [2.45, 2.75) is 135 Å². The van der Waals surface area contributed by atoms with Crippen LogP contribution in [0.15, 0.2) is 48.8 Å². The highest BCUT2D eigenvalue weighted by Crippen LogP contribution is 2.65. The Bertz CT molecular complexity index is 2630. The Labute approximate surface area is 398 Å². The summed E-state index contributed by atoms with van der Waals surface area (Å²) in [5, 5.41) is 7.93. The number of carbonyl (C=O) groups is 4. The van der Waals surface area contributed by atoms with Gasteiger partial charge in [0.2, 0.25) is 5.91 Å². The van der Waals surface area contributed by atoms with E-state index in [2.05, 4.69) is 76.6 Å². The third kappa shape index (κ3) is 8.79. The van der Waals surface area contributed by atoms with E-state index < -0.39 is 24.3 Å². The molecule has 0 spiro atoms. The maximum absolute atomic E-state index is 14.7. The fraction of sp³-hybridized carbons (Fsp3) is 0.585. The molecule has 0 radical (unpaired) electrons. The van der Waals surface area contributed by atoms with Gasteiger partial charge in [-0.1, -0.05) is 38.0 Å². The van der Waals surface area contributed by atoms with Crippen LogP contribution >= 0.6 is 0 Å². The van der Waals surface area contributed by atoms with Crippen molar-refractivity contribution in [2.75, 3.05) is 14.2 Å². The summed E-state index contributed by atoms with van der Waals surface area (Å²) in [6.07, 6.45) is 6.87. The van der Waals surface area contributed by atoms with Crippen LogP contribution in [0.5, 0.6) is 0 Å². The van der Waals surface area contributed by atoms with Crippen molar-refractivity contribution in [1.82, 2.24) is 35.5 Å². The topological polar surface area (TPSA) is 190 Å². The van der Waals surface area contributed by atoms with Crippen LogP contribution in [0.1, 0.15) is 115 Å². The summed E-state index contributed by atoms with van der Waals surface area (Å²) < 4.78 is 22.0. The Morgan fingerprint density at radius 2 is 1.32 bits per heavy atom. The first-order valence-corrected chi connectivity index (χ1v) is 24.7. The number of imidazole rings is 2. The highest BCUT2D eigenvalue weighted by Gasteiger charge is 2.64. The number of piperidine rings is 1. The zero-order chi connectivity index (χ0) is 47.7. The second-order valence-electron chi connectivity index (χ2n) is 21.0. The Morgan fingerprint density at radius 3 is 2.00 bits per heavy atom. The monoisotopic (exact) mass is 927 g/mol. The first-order chi connectivity index (χ1) is 32.7. The number of hydrogen-bond acceptors (Lipinski definition) is 10. The summed E-state index contributed by atoms with van der Waals surface area (Å²) >= 11 is 0. The smallest absolute Gasteiger partial charge is 0.407 e. The van der Waals surface area contributed by atoms with E-state index in [4.69, 9.17) is 28.9 Å². The number of aromatic amines is 2. The number of ether oxygens (including phenoxy) is 4. The lowest BCUT2D eigenvalue weighted by Gasteiger charge is -2.39. The minimum Gasteiger partial charge on any atom is -0.453 e. The minimum absolute atomic E-state index is 0.00457. The summed E-state index contributed by atoms with van der Waals surface area (Å²) in [4.78, 5) is 73.2. The zero-order valence-corrected chi connectivity index (χ0v) is 40.3. The van der Waals surface area contributed by atoms with E-state index in [-0.39, 0.29) is 77.8 Å². The molecular formula is C53H65N7O8. The van der Waals surface area contributed by atoms with E-state index in [1.54, 1.807) is 6.20 Å². The van der Waals surface area contributed by atoms with Crippen LogP contribution in [-0.4, -0.2) is 105 Å². The van der Waals surface area contributed by atoms with Crippen LogP contribution in [-0.2, 0) is 28.5 Å². The van der Waals surface area contributed by atoms with E-state index in [9.17, 15) is 19.2 Å². The number of nitrogens with one attached hydrogen (secondary N) is 4. The van der Waals surface area contributed by atoms with E-state index in [0.29, 0.717) is 60.9 Å². The molecule has 68 heavy (non-hydrogen) atoms. The number of Topliss-reactive ketones (excluding diaryl/α,β-unsaturated/α-hetero) is 1. The van der Waals surface area contributed by atoms with Crippen molar-refractivity contribution < 1.29 is 38.1 Å². The lowest BCUT2D eigenvalue weighted by molar-refractivity contribution is -0.140. The second kappa shape index (κ2) is 18.3. The standard InChI is InChI=1S/C53H65N7O8/c1-25-15-35(16-26(2)67-25)45(58-52(63)65-7)48(61)44-40(21-38-29(5)43(38)44)49-55-24-41(57-49)34-13-12-32-19-31(9-11-33(32)20-34)10-14-37-23-54-50(56-37)42-22-39-30(6)47(39)60(42)51(62)46(59-53(64)66-8)36-17-27(3)68-28(4)18-36/h9,11-13,19-20,23-30,35-36,38-40,42-47H,15-18,21-22H2,1-8H3,(H,54,56)(H,55,57)(H,58,63)(H,59,64)/t25-,26+,27-,28+,29?,30-,35+,36+,38?,39?,40-,42+,43?,44?,45?,46?,47?/m1/s1. The molecule has 4 N–H and O–H groups in total. The normalized spacial score (nSPS) is 34.4. The van der Waals surface area contributed by atoms with Gasteiger partial charge in [-0.05, 0) is 143 Å². The number of benzene rings is 2. The lowest BCUT2D eigenvalue weighted by Crippen LogP contribution is -2.55. The third-order valence-electron chi connectivity index (χ3n) is 16.5. The summed E-state index contributed by atoms with van der Waals surface area (Å²) in [6.45, 7) is 12.5. The molecule has 3 amide bonds. The summed E-state index contributed by atoms with van der Waals surface area (Å²) in [6, 6.07) is 10.9. The maximum Gasteiger partial charge on any atom is 0.407 e. The molecule has 10 rings (SSSR count). The van der Waals surface area contributed by atoms with Gasteiger partial charge < -0.3 is 44.4 Å². The van der Waals surface area contributed by atoms with Crippen molar-refractivity contribution >= 4 is 34.6 Å². The number of rotatable bonds is 10. The number of carbonyl (C=O) groups excluding carboxylic acids is 4. The predicted molar refractivity (Wildman–Crippen MR) is 253 cm³/mol. The first-order valence-electron chi connectivity index (χ1n) is 24.7. The summed E-state index contributed by atoms with van der Waals surface area (Å²) in [7, 11) is 2.66. The van der Waals surface area contributed by atoms with Crippen LogP contribution in [0.3, 0.4) is 0 Å². The van der Waals surface area contributed by atoms with Crippen LogP contribution in [0.25, 0.3) is 22.0 Å². The predicted octanol–water partition coefficient (Wildman–Crippen LogP) is 7.67. The number of likely N-dealkylation sites (tertiary alicyclic amines) is 1. The highest BCUT2D eigenvalue weighted by atomic mass is 16.5. The lowest BCUT2D eigenvalue weighted by atomic mass is 9.76. The molecule has 6 fully saturated rings. The largest absolute Gasteiger partial charge is 0.453 e. The number of alkyl carbamates (subject to hydrolysis) is 2. The van der Waals surface area contributed by atoms with Gasteiger partial charge in [0, 0.05) is 41.4 Å². The molecule has 3 saturated heterocycles. The number of aromatic nitrogens is 4. The fourth-order valence-corrected chi connectivity index (χ4v) is 13.2. The molecule has 6 aliphatic rings. The van der Waals surface area contributed by atoms with Crippen LogP contribution < -0.4 is 10.6 Å². The van der Waals surface area contributed by atoms with Crippen molar-refractivity contribution in [2.24, 2.45) is 47.3 Å². The average Bonchev–Trinajstić information content (AvgIpc) is 3.77. The molecule has 3 aliphatic carbocycles. The molecule has 17 atom stereocenters. The molecule has 360 valence electrons. The minimum atomic E-state index is -0.732. The number of H-pyrrole nitrogens is 2. The van der Waals surface area contributed by atoms with Crippen molar-refractivity contribution in [1.29, 1.82) is 0 Å². The molecule has 2 aromatic carbocycles. The number of hydrogen-bond donors (Lipinski definition) is 4. The molecule has 15 heteroatoms. The number of methoxy groups -OCH3 is 2. The van der Waals surface area contributed by atoms with Crippen LogP contribution in [0, 0.1) is 59.2 Å². The third-order valence-corrected chi connectivity index (χ3v) is 16.5. The Hall–Kier alpha value is -5.72. The molecule has 0 bridgehead atoms. The first kappa shape index (κ1) is 46.0. The van der Waals surface area contributed by atoms with Gasteiger partial charge in [-0.15, -0.1) is 0 Å². The van der Waals surface area contributed by atoms with E-state index in [1.165, 1.54) is 14.2 Å². The maximum atomic E-state index is 14.7. The zero-order valence-electron chi connectivity index (χ0n) is 40.3. The van der Waals surface area contributed by atoms with Gasteiger partial charge in [0.1, 0.15) is 23.4 Å². The summed E-state index contributed by atoms with van der Waals surface area (Å²) in [5.41, 5.74) is 3.21. The summed E-state index contributed by atoms with van der Waals surface area (Å²) in [5.74, 6) is 9.48. The molecule has 3 aliphatic heterocycles. The number of ketones is 1. The number of amides is 3. The molecule has 5 heterocycles. The van der Waals surface area contributed by atoms with Gasteiger partial charge in [0.15, 0.2) is 5.78 Å². The molecule has 8 unspecified atom stereocenters. The Kier molecular flexibility index (Phi) is 12.4.